The van der Waals surface area contributed by atoms with E-state index in [2.05, 4.69) is 5.10 Å². The van der Waals surface area contributed by atoms with Crippen molar-refractivity contribution in [1.29, 1.82) is 0 Å². The fourth-order valence-corrected chi connectivity index (χ4v) is 4.36. The second-order valence-corrected chi connectivity index (χ2v) is 8.69. The number of rotatable bonds is 5. The summed E-state index contributed by atoms with van der Waals surface area (Å²) in [4.78, 5) is 28.7. The van der Waals surface area contributed by atoms with Crippen LogP contribution in [0.25, 0.3) is 16.5 Å². The Morgan fingerprint density at radius 1 is 0.971 bits per heavy atom. The largest absolute Gasteiger partial charge is 0.416 e. The number of alkyl halides is 3. The molecule has 0 spiro atoms. The number of carbonyl (C=O) groups is 1. The van der Waals surface area contributed by atoms with Crippen molar-refractivity contribution in [3.63, 3.8) is 0 Å². The highest BCUT2D eigenvalue weighted by atomic mass is 19.4. The summed E-state index contributed by atoms with van der Waals surface area (Å²) in [5.41, 5.74) is -0.116. The highest BCUT2D eigenvalue weighted by Gasteiger charge is 2.39. The molecular formula is C27H22F3N3O2. The van der Waals surface area contributed by atoms with Gasteiger partial charge in [0.05, 0.1) is 22.7 Å². The number of aromatic nitrogens is 2. The Balaban J connectivity index is 1.63. The van der Waals surface area contributed by atoms with Gasteiger partial charge in [-0.15, -0.1) is 0 Å². The van der Waals surface area contributed by atoms with Gasteiger partial charge in [-0.3, -0.25) is 9.59 Å². The van der Waals surface area contributed by atoms with Crippen LogP contribution in [0.2, 0.25) is 0 Å². The van der Waals surface area contributed by atoms with Crippen LogP contribution in [0.5, 0.6) is 0 Å². The lowest BCUT2D eigenvalue weighted by molar-refractivity contribution is -0.137. The molecule has 1 aromatic heterocycles. The fourth-order valence-electron chi connectivity index (χ4n) is 4.36. The summed E-state index contributed by atoms with van der Waals surface area (Å²) in [5.74, 6) is -0.418. The number of hydrogen-bond acceptors (Lipinski definition) is 3. The second-order valence-electron chi connectivity index (χ2n) is 8.69. The molecule has 4 aromatic rings. The van der Waals surface area contributed by atoms with Gasteiger partial charge in [0.25, 0.3) is 11.5 Å². The number of amides is 1. The maximum absolute atomic E-state index is 14.0. The molecule has 0 saturated heterocycles. The average molecular weight is 477 g/mol. The lowest BCUT2D eigenvalue weighted by Gasteiger charge is -2.30. The number of nitrogens with zero attached hydrogens (tertiary/aromatic N) is 3. The predicted octanol–water partition coefficient (Wildman–Crippen LogP) is 5.77. The van der Waals surface area contributed by atoms with Crippen LogP contribution < -0.4 is 5.56 Å². The van der Waals surface area contributed by atoms with Gasteiger partial charge in [-0.1, -0.05) is 48.5 Å². The van der Waals surface area contributed by atoms with E-state index >= 15 is 0 Å². The summed E-state index contributed by atoms with van der Waals surface area (Å²) < 4.78 is 41.2. The lowest BCUT2D eigenvalue weighted by atomic mass is 10.0. The molecule has 35 heavy (non-hydrogen) atoms. The Bertz CT molecular complexity index is 1460. The Hall–Kier alpha value is -3.94. The van der Waals surface area contributed by atoms with Crippen molar-refractivity contribution in [2.24, 2.45) is 0 Å². The van der Waals surface area contributed by atoms with Crippen molar-refractivity contribution in [3.8, 4) is 5.69 Å². The van der Waals surface area contributed by atoms with Gasteiger partial charge in [0.15, 0.2) is 5.69 Å². The van der Waals surface area contributed by atoms with Crippen molar-refractivity contribution in [2.45, 2.75) is 38.0 Å². The maximum Gasteiger partial charge on any atom is 0.416 e. The van der Waals surface area contributed by atoms with Gasteiger partial charge in [-0.25, -0.2) is 0 Å². The third kappa shape index (κ3) is 4.32. The molecule has 0 N–H and O–H groups in total. The van der Waals surface area contributed by atoms with E-state index in [0.29, 0.717) is 22.0 Å². The predicted molar refractivity (Wildman–Crippen MR) is 126 cm³/mol. The smallest absolute Gasteiger partial charge is 0.327 e. The summed E-state index contributed by atoms with van der Waals surface area (Å²) in [6, 6.07) is 19.9. The maximum atomic E-state index is 14.0. The van der Waals surface area contributed by atoms with E-state index in [-0.39, 0.29) is 17.3 Å². The standard InChI is InChI=1S/C27H22F3N3O2/c1-17(18-8-7-9-19(16-18)27(28,29)30)32(20-14-15-20)26(35)24-22-12-5-6-13-23(22)25(34)33(31-24)21-10-3-2-4-11-21/h2-13,16-17,20H,14-15H2,1H3. The highest BCUT2D eigenvalue weighted by molar-refractivity contribution is 6.05. The molecule has 1 fully saturated rings. The summed E-state index contributed by atoms with van der Waals surface area (Å²) in [5, 5.41) is 5.23. The zero-order valence-corrected chi connectivity index (χ0v) is 18.9. The molecule has 5 rings (SSSR count). The van der Waals surface area contributed by atoms with Gasteiger partial charge in [0.1, 0.15) is 0 Å². The molecule has 3 aromatic carbocycles. The fraction of sp³-hybridized carbons (Fsp3) is 0.222. The molecule has 0 bridgehead atoms. The lowest BCUT2D eigenvalue weighted by Crippen LogP contribution is -2.37. The van der Waals surface area contributed by atoms with E-state index in [0.717, 1.165) is 25.0 Å². The van der Waals surface area contributed by atoms with E-state index in [1.807, 2.05) is 6.07 Å². The molecular weight excluding hydrogens is 455 g/mol. The molecule has 1 unspecified atom stereocenters. The van der Waals surface area contributed by atoms with Crippen molar-refractivity contribution in [3.05, 3.63) is 106 Å². The number of carbonyl (C=O) groups excluding carboxylic acids is 1. The molecule has 1 saturated carbocycles. The molecule has 1 amide bonds. The zero-order chi connectivity index (χ0) is 24.7. The first-order valence-corrected chi connectivity index (χ1v) is 11.3. The van der Waals surface area contributed by atoms with Crippen molar-refractivity contribution >= 4 is 16.7 Å². The molecule has 1 aliphatic rings. The average Bonchev–Trinajstić information content (AvgIpc) is 3.70. The van der Waals surface area contributed by atoms with E-state index < -0.39 is 23.7 Å². The number of hydrogen-bond donors (Lipinski definition) is 0. The van der Waals surface area contributed by atoms with Crippen LogP contribution >= 0.6 is 0 Å². The first kappa shape index (κ1) is 22.8. The van der Waals surface area contributed by atoms with Gasteiger partial charge < -0.3 is 4.90 Å². The summed E-state index contributed by atoms with van der Waals surface area (Å²) in [6.45, 7) is 1.72. The number of para-hydroxylation sites is 1. The Labute approximate surface area is 199 Å². The highest BCUT2D eigenvalue weighted by Crippen LogP contribution is 2.38. The van der Waals surface area contributed by atoms with Gasteiger partial charge in [-0.2, -0.15) is 23.0 Å². The monoisotopic (exact) mass is 477 g/mol. The van der Waals surface area contributed by atoms with E-state index in [1.54, 1.807) is 66.4 Å². The first-order chi connectivity index (χ1) is 16.8. The SMILES string of the molecule is CC(c1cccc(C(F)(F)F)c1)N(C(=O)c1nn(-c2ccccc2)c(=O)c2ccccc12)C1CC1. The van der Waals surface area contributed by atoms with Crippen molar-refractivity contribution in [1.82, 2.24) is 14.7 Å². The Morgan fingerprint density at radius 3 is 2.29 bits per heavy atom. The summed E-state index contributed by atoms with van der Waals surface area (Å²) in [7, 11) is 0. The van der Waals surface area contributed by atoms with Crippen molar-refractivity contribution < 1.29 is 18.0 Å². The minimum absolute atomic E-state index is 0.0924. The minimum atomic E-state index is -4.48. The van der Waals surface area contributed by atoms with E-state index in [4.69, 9.17) is 0 Å². The molecule has 5 nitrogen and oxygen atoms in total. The molecule has 178 valence electrons. The third-order valence-corrected chi connectivity index (χ3v) is 6.30. The molecule has 1 atom stereocenters. The van der Waals surface area contributed by atoms with Gasteiger partial charge in [0.2, 0.25) is 0 Å². The van der Waals surface area contributed by atoms with Gasteiger partial charge in [0, 0.05) is 11.4 Å². The van der Waals surface area contributed by atoms with E-state index in [9.17, 15) is 22.8 Å². The van der Waals surface area contributed by atoms with Crippen LogP contribution in [0.4, 0.5) is 13.2 Å². The number of fused-ring (bicyclic) bond motifs is 1. The van der Waals surface area contributed by atoms with Crippen LogP contribution in [0.1, 0.15) is 47.4 Å². The van der Waals surface area contributed by atoms with Crippen LogP contribution in [0.3, 0.4) is 0 Å². The normalized spacial score (nSPS) is 14.6. The van der Waals surface area contributed by atoms with Crippen LogP contribution in [0.15, 0.2) is 83.7 Å². The van der Waals surface area contributed by atoms with Crippen LogP contribution in [0, 0.1) is 0 Å². The third-order valence-electron chi connectivity index (χ3n) is 6.30. The minimum Gasteiger partial charge on any atom is -0.327 e. The first-order valence-electron chi connectivity index (χ1n) is 11.3. The van der Waals surface area contributed by atoms with E-state index in [1.165, 1.54) is 10.7 Å². The summed E-state index contributed by atoms with van der Waals surface area (Å²) in [6.07, 6.45) is -2.97. The number of benzene rings is 3. The summed E-state index contributed by atoms with van der Waals surface area (Å²) >= 11 is 0. The molecule has 1 heterocycles. The second kappa shape index (κ2) is 8.69. The zero-order valence-electron chi connectivity index (χ0n) is 18.9. The van der Waals surface area contributed by atoms with Gasteiger partial charge in [-0.05, 0) is 55.7 Å². The number of halogens is 3. The van der Waals surface area contributed by atoms with Crippen LogP contribution in [-0.2, 0) is 6.18 Å². The molecule has 8 heteroatoms. The topological polar surface area (TPSA) is 55.2 Å². The Kier molecular flexibility index (Phi) is 5.67. The van der Waals surface area contributed by atoms with Crippen molar-refractivity contribution in [2.75, 3.05) is 0 Å². The molecule has 1 aliphatic carbocycles. The Morgan fingerprint density at radius 2 is 1.63 bits per heavy atom. The molecule has 0 aliphatic heterocycles. The molecule has 0 radical (unpaired) electrons. The van der Waals surface area contributed by atoms with Gasteiger partial charge >= 0.3 is 6.18 Å². The quantitative estimate of drug-likeness (QED) is 0.367. The van der Waals surface area contributed by atoms with Crippen LogP contribution in [-0.4, -0.2) is 26.6 Å².